The van der Waals surface area contributed by atoms with Crippen molar-refractivity contribution in [2.24, 2.45) is 5.92 Å². The van der Waals surface area contributed by atoms with Gasteiger partial charge < -0.3 is 0 Å². The molecule has 2 aliphatic rings. The summed E-state index contributed by atoms with van der Waals surface area (Å²) in [6.07, 6.45) is 0. The Labute approximate surface area is 199 Å². The van der Waals surface area contributed by atoms with Gasteiger partial charge in [0.05, 0.1) is 17.0 Å². The zero-order valence-corrected chi connectivity index (χ0v) is 19.2. The van der Waals surface area contributed by atoms with Gasteiger partial charge in [-0.15, -0.1) is 0 Å². The summed E-state index contributed by atoms with van der Waals surface area (Å²) in [5, 5.41) is 0. The number of aryl methyl sites for hydroxylation is 2. The molecular weight excluding hydrogens is 418 g/mol. The summed E-state index contributed by atoms with van der Waals surface area (Å²) in [5.74, 6) is -0.800. The minimum Gasteiger partial charge on any atom is -0.274 e. The molecule has 2 amide bonds. The predicted molar refractivity (Wildman–Crippen MR) is 134 cm³/mol. The molecule has 1 heterocycles. The van der Waals surface area contributed by atoms with Crippen LogP contribution in [0.15, 0.2) is 109 Å². The summed E-state index contributed by atoms with van der Waals surface area (Å²) in [4.78, 5) is 30.1. The lowest BCUT2D eigenvalue weighted by Crippen LogP contribution is -2.44. The van der Waals surface area contributed by atoms with Crippen LogP contribution in [0.3, 0.4) is 0 Å². The Morgan fingerprint density at radius 2 is 1.00 bits per heavy atom. The van der Waals surface area contributed by atoms with E-state index in [0.717, 1.165) is 27.8 Å². The predicted octanol–water partition coefficient (Wildman–Crippen LogP) is 5.73. The fourth-order valence-corrected chi connectivity index (χ4v) is 6.17. The number of carbonyl (C=O) groups excluding carboxylic acids is 2. The summed E-state index contributed by atoms with van der Waals surface area (Å²) in [6.45, 7) is 4.03. The normalized spacial score (nSPS) is 22.5. The van der Waals surface area contributed by atoms with Crippen LogP contribution in [-0.2, 0) is 20.4 Å². The third kappa shape index (κ3) is 2.47. The number of piperidine rings is 1. The third-order valence-electron chi connectivity index (χ3n) is 7.67. The fraction of sp³-hybridized carbons (Fsp3) is 0.161. The summed E-state index contributed by atoms with van der Waals surface area (Å²) in [5.41, 5.74) is 3.98. The van der Waals surface area contributed by atoms with Crippen molar-refractivity contribution in [3.8, 4) is 0 Å². The van der Waals surface area contributed by atoms with E-state index in [1.54, 1.807) is 0 Å². The molecule has 0 spiro atoms. The summed E-state index contributed by atoms with van der Waals surface area (Å²) >= 11 is 0. The van der Waals surface area contributed by atoms with Gasteiger partial charge in [-0.3, -0.25) is 9.59 Å². The van der Waals surface area contributed by atoms with Crippen LogP contribution < -0.4 is 4.90 Å². The molecule has 0 bridgehead atoms. The lowest BCUT2D eigenvalue weighted by atomic mass is 9.75. The van der Waals surface area contributed by atoms with Crippen LogP contribution in [0.4, 0.5) is 5.69 Å². The van der Waals surface area contributed by atoms with Gasteiger partial charge in [0.15, 0.2) is 0 Å². The highest BCUT2D eigenvalue weighted by Crippen LogP contribution is 2.77. The number of hydrogen-bond donors (Lipinski definition) is 0. The molecule has 1 saturated carbocycles. The highest BCUT2D eigenvalue weighted by molar-refractivity contribution is 6.32. The first kappa shape index (κ1) is 20.6. The quantitative estimate of drug-likeness (QED) is 0.378. The van der Waals surface area contributed by atoms with Gasteiger partial charge in [-0.25, -0.2) is 4.90 Å². The van der Waals surface area contributed by atoms with E-state index >= 15 is 0 Å². The van der Waals surface area contributed by atoms with Gasteiger partial charge in [-0.2, -0.15) is 0 Å². The second-order valence-corrected chi connectivity index (χ2v) is 9.46. The van der Waals surface area contributed by atoms with Gasteiger partial charge in [0.1, 0.15) is 5.41 Å². The van der Waals surface area contributed by atoms with E-state index in [1.165, 1.54) is 4.90 Å². The number of amides is 2. The Bertz CT molecular complexity index is 1350. The van der Waals surface area contributed by atoms with Crippen molar-refractivity contribution >= 4 is 17.5 Å². The average molecular weight is 444 g/mol. The molecule has 1 saturated heterocycles. The zero-order chi connectivity index (χ0) is 23.5. The molecule has 0 unspecified atom stereocenters. The number of imide groups is 1. The molecule has 34 heavy (non-hydrogen) atoms. The standard InChI is InChI=1S/C31H25NO2/c1-21-13-17-25(18-14-21)31-27(28(33)32(29(31)34)26-19-15-22(2)16-20-26)30(31,23-9-5-3-6-10-23)24-11-7-4-8-12-24/h3-20,27H,1-2H3/t27-,31-/m1/s1. The molecule has 4 aromatic carbocycles. The van der Waals surface area contributed by atoms with Crippen LogP contribution in [0.2, 0.25) is 0 Å². The van der Waals surface area contributed by atoms with Crippen molar-refractivity contribution in [2.45, 2.75) is 24.7 Å². The van der Waals surface area contributed by atoms with E-state index in [0.29, 0.717) is 5.69 Å². The molecule has 2 fully saturated rings. The van der Waals surface area contributed by atoms with Crippen LogP contribution in [0, 0.1) is 19.8 Å². The van der Waals surface area contributed by atoms with Crippen molar-refractivity contribution < 1.29 is 9.59 Å². The first-order valence-electron chi connectivity index (χ1n) is 11.7. The van der Waals surface area contributed by atoms with Crippen LogP contribution >= 0.6 is 0 Å². The van der Waals surface area contributed by atoms with Crippen LogP contribution in [0.25, 0.3) is 0 Å². The number of hydrogen-bond acceptors (Lipinski definition) is 2. The van der Waals surface area contributed by atoms with Crippen molar-refractivity contribution in [1.82, 2.24) is 0 Å². The SMILES string of the molecule is Cc1ccc(N2C(=O)[C@@H]3C(c4ccccc4)(c4ccccc4)[C@@]3(c3ccc(C)cc3)C2=O)cc1. The molecule has 2 atom stereocenters. The Hall–Kier alpha value is -3.98. The molecule has 0 radical (unpaired) electrons. The second-order valence-electron chi connectivity index (χ2n) is 9.46. The maximum atomic E-state index is 14.5. The van der Waals surface area contributed by atoms with Crippen molar-refractivity contribution in [3.05, 3.63) is 137 Å². The summed E-state index contributed by atoms with van der Waals surface area (Å²) in [6, 6.07) is 35.9. The fourth-order valence-electron chi connectivity index (χ4n) is 6.17. The molecule has 1 aliphatic heterocycles. The molecule has 166 valence electrons. The minimum absolute atomic E-state index is 0.137. The number of fused-ring (bicyclic) bond motifs is 1. The van der Waals surface area contributed by atoms with E-state index in [9.17, 15) is 9.59 Å². The average Bonchev–Trinajstić information content (AvgIpc) is 3.46. The molecular formula is C31H25NO2. The van der Waals surface area contributed by atoms with Crippen LogP contribution in [-0.4, -0.2) is 11.8 Å². The van der Waals surface area contributed by atoms with Crippen molar-refractivity contribution in [3.63, 3.8) is 0 Å². The molecule has 3 nitrogen and oxygen atoms in total. The molecule has 0 N–H and O–H groups in total. The molecule has 3 heteroatoms. The highest BCUT2D eigenvalue weighted by atomic mass is 16.2. The molecule has 6 rings (SSSR count). The first-order valence-corrected chi connectivity index (χ1v) is 11.7. The van der Waals surface area contributed by atoms with E-state index in [-0.39, 0.29) is 11.8 Å². The van der Waals surface area contributed by atoms with E-state index < -0.39 is 16.7 Å². The lowest BCUT2D eigenvalue weighted by molar-refractivity contribution is -0.124. The van der Waals surface area contributed by atoms with Crippen LogP contribution in [0.5, 0.6) is 0 Å². The Kier molecular flexibility index (Phi) is 4.40. The van der Waals surface area contributed by atoms with Gasteiger partial charge in [0.25, 0.3) is 0 Å². The summed E-state index contributed by atoms with van der Waals surface area (Å²) < 4.78 is 0. The zero-order valence-electron chi connectivity index (χ0n) is 19.2. The Morgan fingerprint density at radius 1 is 0.559 bits per heavy atom. The Morgan fingerprint density at radius 3 is 1.50 bits per heavy atom. The Balaban J connectivity index is 1.64. The van der Waals surface area contributed by atoms with Gasteiger partial charge >= 0.3 is 0 Å². The maximum Gasteiger partial charge on any atom is 0.246 e. The van der Waals surface area contributed by atoms with Crippen molar-refractivity contribution in [2.75, 3.05) is 4.90 Å². The van der Waals surface area contributed by atoms with E-state index in [2.05, 4.69) is 24.3 Å². The summed E-state index contributed by atoms with van der Waals surface area (Å²) in [7, 11) is 0. The number of anilines is 1. The molecule has 4 aromatic rings. The van der Waals surface area contributed by atoms with Crippen LogP contribution in [0.1, 0.15) is 27.8 Å². The third-order valence-corrected chi connectivity index (χ3v) is 7.67. The molecule has 0 aromatic heterocycles. The largest absolute Gasteiger partial charge is 0.274 e. The van der Waals surface area contributed by atoms with E-state index in [1.807, 2.05) is 98.8 Å². The number of benzene rings is 4. The highest BCUT2D eigenvalue weighted by Gasteiger charge is 2.89. The smallest absolute Gasteiger partial charge is 0.246 e. The van der Waals surface area contributed by atoms with Gasteiger partial charge in [-0.05, 0) is 42.7 Å². The maximum absolute atomic E-state index is 14.5. The van der Waals surface area contributed by atoms with Gasteiger partial charge in [0.2, 0.25) is 11.8 Å². The first-order chi connectivity index (χ1) is 16.5. The number of carbonyl (C=O) groups is 2. The monoisotopic (exact) mass is 443 g/mol. The topological polar surface area (TPSA) is 37.4 Å². The van der Waals surface area contributed by atoms with E-state index in [4.69, 9.17) is 0 Å². The molecule has 1 aliphatic carbocycles. The van der Waals surface area contributed by atoms with Gasteiger partial charge in [-0.1, -0.05) is 108 Å². The van der Waals surface area contributed by atoms with Crippen molar-refractivity contribution in [1.29, 1.82) is 0 Å². The number of rotatable bonds is 4. The lowest BCUT2D eigenvalue weighted by Gasteiger charge is -2.31. The van der Waals surface area contributed by atoms with Gasteiger partial charge in [0, 0.05) is 0 Å². The second kappa shape index (κ2) is 7.26. The minimum atomic E-state index is -0.995. The number of nitrogens with zero attached hydrogens (tertiary/aromatic N) is 1.